The maximum Gasteiger partial charge on any atom is 0.309 e. The minimum atomic E-state index is -0.468. The number of ether oxygens (including phenoxy) is 2. The molecule has 7 heteroatoms. The summed E-state index contributed by atoms with van der Waals surface area (Å²) >= 11 is 5.86. The van der Waals surface area contributed by atoms with Crippen LogP contribution in [-0.2, 0) is 22.6 Å². The Morgan fingerprint density at radius 1 is 1.15 bits per heavy atom. The van der Waals surface area contributed by atoms with Crippen molar-refractivity contribution in [3.05, 3.63) is 81.5 Å². The number of carbonyl (C=O) groups is 1. The Balaban J connectivity index is 1.32. The average molecular weight is 470 g/mol. The summed E-state index contributed by atoms with van der Waals surface area (Å²) in [5, 5.41) is 0.300. The van der Waals surface area contributed by atoms with Gasteiger partial charge in [0.2, 0.25) is 5.88 Å². The molecule has 33 heavy (non-hydrogen) atoms. The van der Waals surface area contributed by atoms with E-state index in [1.807, 2.05) is 6.07 Å². The van der Waals surface area contributed by atoms with Crippen molar-refractivity contribution in [1.82, 2.24) is 4.98 Å². The van der Waals surface area contributed by atoms with Gasteiger partial charge in [-0.05, 0) is 78.8 Å². The van der Waals surface area contributed by atoms with Crippen molar-refractivity contribution >= 4 is 17.6 Å². The highest BCUT2D eigenvalue weighted by atomic mass is 35.5. The first-order chi connectivity index (χ1) is 15.9. The van der Waals surface area contributed by atoms with E-state index in [0.29, 0.717) is 39.8 Å². The molecule has 0 radical (unpaired) electrons. The van der Waals surface area contributed by atoms with Crippen LogP contribution in [0.25, 0.3) is 11.1 Å². The summed E-state index contributed by atoms with van der Waals surface area (Å²) in [6, 6.07) is 9.26. The number of hydrogen-bond acceptors (Lipinski definition) is 4. The van der Waals surface area contributed by atoms with Crippen molar-refractivity contribution < 1.29 is 23.0 Å². The zero-order valence-electron chi connectivity index (χ0n) is 18.2. The van der Waals surface area contributed by atoms with Crippen molar-refractivity contribution in [2.24, 2.45) is 11.8 Å². The smallest absolute Gasteiger partial charge is 0.309 e. The summed E-state index contributed by atoms with van der Waals surface area (Å²) in [7, 11) is 0. The molecule has 2 aromatic carbocycles. The first-order valence-electron chi connectivity index (χ1n) is 10.9. The molecular weight excluding hydrogens is 448 g/mol. The van der Waals surface area contributed by atoms with Crippen LogP contribution in [0.4, 0.5) is 8.78 Å². The molecule has 2 aliphatic carbocycles. The van der Waals surface area contributed by atoms with Gasteiger partial charge in [-0.15, -0.1) is 0 Å². The lowest BCUT2D eigenvalue weighted by Crippen LogP contribution is -2.11. The molecule has 2 aliphatic rings. The molecule has 0 N–H and O–H groups in total. The van der Waals surface area contributed by atoms with Crippen molar-refractivity contribution in [1.29, 1.82) is 0 Å². The first kappa shape index (κ1) is 21.8. The number of esters is 1. The van der Waals surface area contributed by atoms with Crippen molar-refractivity contribution in [2.45, 2.75) is 32.8 Å². The van der Waals surface area contributed by atoms with Crippen LogP contribution in [0, 0.1) is 30.4 Å². The van der Waals surface area contributed by atoms with Gasteiger partial charge in [0.25, 0.3) is 0 Å². The fourth-order valence-electron chi connectivity index (χ4n) is 4.89. The number of aryl methyl sites for hydroxylation is 1. The van der Waals surface area contributed by atoms with Gasteiger partial charge in [-0.25, -0.2) is 13.8 Å². The van der Waals surface area contributed by atoms with E-state index < -0.39 is 11.6 Å². The lowest BCUT2D eigenvalue weighted by Gasteiger charge is -2.13. The summed E-state index contributed by atoms with van der Waals surface area (Å²) in [5.74, 6) is -0.272. The van der Waals surface area contributed by atoms with Gasteiger partial charge in [-0.1, -0.05) is 11.6 Å². The Hall–Kier alpha value is -2.99. The van der Waals surface area contributed by atoms with Gasteiger partial charge in [-0.3, -0.25) is 4.79 Å². The van der Waals surface area contributed by atoms with E-state index in [-0.39, 0.29) is 30.3 Å². The van der Waals surface area contributed by atoms with Gasteiger partial charge in [0.1, 0.15) is 18.2 Å². The Morgan fingerprint density at radius 3 is 2.73 bits per heavy atom. The van der Waals surface area contributed by atoms with E-state index in [1.54, 1.807) is 38.2 Å². The normalized spacial score (nSPS) is 20.2. The number of nitrogens with zero attached hydrogens (tertiary/aromatic N) is 1. The molecule has 0 unspecified atom stereocenters. The third-order valence-electron chi connectivity index (χ3n) is 6.53. The Labute approximate surface area is 195 Å². The average Bonchev–Trinajstić information content (AvgIpc) is 3.36. The molecule has 0 bridgehead atoms. The summed E-state index contributed by atoms with van der Waals surface area (Å²) in [6.45, 7) is 3.88. The van der Waals surface area contributed by atoms with E-state index in [0.717, 1.165) is 17.5 Å². The maximum absolute atomic E-state index is 14.6. The topological polar surface area (TPSA) is 48.4 Å². The number of hydrogen-bond donors (Lipinski definition) is 0. The minimum absolute atomic E-state index is 0.0432. The molecule has 170 valence electrons. The molecule has 1 aromatic heterocycles. The van der Waals surface area contributed by atoms with E-state index in [1.165, 1.54) is 12.1 Å². The molecule has 1 heterocycles. The lowest BCUT2D eigenvalue weighted by molar-refractivity contribution is -0.145. The van der Waals surface area contributed by atoms with Crippen LogP contribution in [0.3, 0.4) is 0 Å². The quantitative estimate of drug-likeness (QED) is 0.414. The molecule has 0 saturated heterocycles. The number of fused-ring (bicyclic) bond motifs is 3. The first-order valence-corrected chi connectivity index (χ1v) is 11.3. The van der Waals surface area contributed by atoms with E-state index >= 15 is 0 Å². The molecule has 3 aromatic rings. The summed E-state index contributed by atoms with van der Waals surface area (Å²) in [4.78, 5) is 16.4. The van der Waals surface area contributed by atoms with Crippen LogP contribution in [0.1, 0.15) is 35.1 Å². The third kappa shape index (κ3) is 3.97. The molecule has 0 amide bonds. The standard InChI is InChI=1S/C26H22ClF2NO3/c1-3-32-26(31)25-19-7-14-9-23(30-11-20(14)24(19)25)33-12-15-8-18(13(2)6-21(15)28)17-5-4-16(27)10-22(17)29/h4-6,8-11,19,24-25H,3,7,12H2,1-2H3/t19-,24-,25+/m1/s1. The highest BCUT2D eigenvalue weighted by Gasteiger charge is 2.60. The molecular formula is C26H22ClF2NO3. The SMILES string of the molecule is CCOC(=O)[C@H]1[C@@H]2Cc3cc(OCc4cc(-c5ccc(Cl)cc5F)c(C)cc4F)ncc3[C@@H]21. The molecule has 4 nitrogen and oxygen atoms in total. The van der Waals surface area contributed by atoms with Gasteiger partial charge in [-0.2, -0.15) is 0 Å². The summed E-state index contributed by atoms with van der Waals surface area (Å²) < 4.78 is 40.0. The lowest BCUT2D eigenvalue weighted by atomic mass is 9.97. The van der Waals surface area contributed by atoms with E-state index in [9.17, 15) is 13.6 Å². The number of rotatable bonds is 6. The molecule has 0 aliphatic heterocycles. The fourth-order valence-corrected chi connectivity index (χ4v) is 5.04. The minimum Gasteiger partial charge on any atom is -0.473 e. The molecule has 3 atom stereocenters. The zero-order valence-corrected chi connectivity index (χ0v) is 19.0. The fraction of sp³-hybridized carbons (Fsp3) is 0.308. The number of halogens is 3. The van der Waals surface area contributed by atoms with E-state index in [2.05, 4.69) is 4.98 Å². The second-order valence-corrected chi connectivity index (χ2v) is 9.00. The molecule has 1 saturated carbocycles. The van der Waals surface area contributed by atoms with Crippen molar-refractivity contribution in [3.8, 4) is 17.0 Å². The van der Waals surface area contributed by atoms with Crippen molar-refractivity contribution in [2.75, 3.05) is 6.61 Å². The van der Waals surface area contributed by atoms with Crippen LogP contribution in [0.5, 0.6) is 5.88 Å². The van der Waals surface area contributed by atoms with Gasteiger partial charge >= 0.3 is 5.97 Å². The summed E-state index contributed by atoms with van der Waals surface area (Å²) in [6.07, 6.45) is 2.52. The third-order valence-corrected chi connectivity index (χ3v) is 6.77. The van der Waals surface area contributed by atoms with Gasteiger partial charge in [0, 0.05) is 34.3 Å². The Morgan fingerprint density at radius 2 is 1.97 bits per heavy atom. The van der Waals surface area contributed by atoms with Crippen LogP contribution >= 0.6 is 11.6 Å². The number of pyridine rings is 1. The second-order valence-electron chi connectivity index (χ2n) is 8.56. The van der Waals surface area contributed by atoms with Crippen molar-refractivity contribution in [3.63, 3.8) is 0 Å². The number of aromatic nitrogens is 1. The molecule has 5 rings (SSSR count). The Kier molecular flexibility index (Phi) is 5.57. The van der Waals surface area contributed by atoms with Crippen LogP contribution in [0.2, 0.25) is 5.02 Å². The van der Waals surface area contributed by atoms with Gasteiger partial charge < -0.3 is 9.47 Å². The number of benzene rings is 2. The van der Waals surface area contributed by atoms with Crippen LogP contribution < -0.4 is 4.74 Å². The molecule has 1 fully saturated rings. The highest BCUT2D eigenvalue weighted by molar-refractivity contribution is 6.30. The predicted octanol–water partition coefficient (Wildman–Crippen LogP) is 6.02. The Bertz CT molecular complexity index is 1260. The zero-order chi connectivity index (χ0) is 23.3. The second kappa shape index (κ2) is 8.41. The monoisotopic (exact) mass is 469 g/mol. The van der Waals surface area contributed by atoms with Crippen LogP contribution in [0.15, 0.2) is 42.6 Å². The highest BCUT2D eigenvalue weighted by Crippen LogP contribution is 2.61. The molecule has 0 spiro atoms. The predicted molar refractivity (Wildman–Crippen MR) is 120 cm³/mol. The number of carbonyl (C=O) groups excluding carboxylic acids is 1. The van der Waals surface area contributed by atoms with Crippen LogP contribution in [-0.4, -0.2) is 17.6 Å². The van der Waals surface area contributed by atoms with E-state index in [4.69, 9.17) is 21.1 Å². The van der Waals surface area contributed by atoms with Gasteiger partial charge in [0.05, 0.1) is 12.5 Å². The largest absolute Gasteiger partial charge is 0.473 e. The summed E-state index contributed by atoms with van der Waals surface area (Å²) in [5.41, 5.74) is 4.01. The van der Waals surface area contributed by atoms with Gasteiger partial charge in [0.15, 0.2) is 0 Å². The maximum atomic E-state index is 14.6.